The Bertz CT molecular complexity index is 841. The van der Waals surface area contributed by atoms with Crippen LogP contribution in [0.15, 0.2) is 17.6 Å². The molecule has 0 aliphatic rings. The molecule has 8 nitrogen and oxygen atoms in total. The lowest BCUT2D eigenvalue weighted by molar-refractivity contribution is -0.113. The molecule has 2 amide bonds. The van der Waals surface area contributed by atoms with Crippen molar-refractivity contribution in [1.82, 2.24) is 14.5 Å². The maximum atomic E-state index is 12.3. The van der Waals surface area contributed by atoms with Crippen LogP contribution in [0.5, 0.6) is 0 Å². The average Bonchev–Trinajstić information content (AvgIpc) is 3.14. The molecule has 0 aliphatic carbocycles. The molecule has 0 bridgehead atoms. The Morgan fingerprint density at radius 3 is 2.62 bits per heavy atom. The van der Waals surface area contributed by atoms with Crippen LogP contribution in [0.2, 0.25) is 0 Å². The van der Waals surface area contributed by atoms with Gasteiger partial charge in [0.25, 0.3) is 5.91 Å². The highest BCUT2D eigenvalue weighted by molar-refractivity contribution is 7.99. The highest BCUT2D eigenvalue weighted by Crippen LogP contribution is 2.34. The number of nitrogens with one attached hydrogen (secondary N) is 1. The van der Waals surface area contributed by atoms with Gasteiger partial charge in [-0.05, 0) is 12.5 Å². The van der Waals surface area contributed by atoms with Crippen LogP contribution in [0.1, 0.15) is 25.6 Å². The van der Waals surface area contributed by atoms with E-state index in [0.29, 0.717) is 20.6 Å². The van der Waals surface area contributed by atoms with Gasteiger partial charge in [-0.15, -0.1) is 11.3 Å². The van der Waals surface area contributed by atoms with E-state index < -0.39 is 5.97 Å². The molecule has 26 heavy (non-hydrogen) atoms. The molecule has 10 heteroatoms. The Balaban J connectivity index is 2.22. The minimum atomic E-state index is -0.594. The first-order valence-electron chi connectivity index (χ1n) is 7.59. The van der Waals surface area contributed by atoms with E-state index in [1.807, 2.05) is 7.05 Å². The van der Waals surface area contributed by atoms with Crippen molar-refractivity contribution in [3.05, 3.63) is 28.4 Å². The lowest BCUT2D eigenvalue weighted by Crippen LogP contribution is -2.21. The average molecular weight is 396 g/mol. The summed E-state index contributed by atoms with van der Waals surface area (Å²) in [5.74, 6) is -1.00. The monoisotopic (exact) mass is 396 g/mol. The van der Waals surface area contributed by atoms with E-state index in [9.17, 15) is 14.4 Å². The minimum absolute atomic E-state index is 0.124. The summed E-state index contributed by atoms with van der Waals surface area (Å²) in [5, 5.41) is 3.73. The predicted octanol–water partition coefficient (Wildman–Crippen LogP) is 2.01. The first-order chi connectivity index (χ1) is 12.3. The van der Waals surface area contributed by atoms with E-state index in [0.717, 1.165) is 11.3 Å². The molecule has 2 aromatic rings. The molecule has 0 radical (unpaired) electrons. The normalized spacial score (nSPS) is 10.5. The van der Waals surface area contributed by atoms with Crippen LogP contribution >= 0.6 is 23.1 Å². The number of carbonyl (C=O) groups excluding carboxylic acids is 3. The molecule has 2 aromatic heterocycles. The number of thiophene rings is 1. The summed E-state index contributed by atoms with van der Waals surface area (Å²) in [6.45, 7) is 1.66. The second kappa shape index (κ2) is 8.37. The van der Waals surface area contributed by atoms with Crippen molar-refractivity contribution in [3.63, 3.8) is 0 Å². The van der Waals surface area contributed by atoms with Gasteiger partial charge in [0.15, 0.2) is 5.16 Å². The van der Waals surface area contributed by atoms with Gasteiger partial charge in [-0.3, -0.25) is 9.59 Å². The lowest BCUT2D eigenvalue weighted by Gasteiger charge is -2.08. The van der Waals surface area contributed by atoms with E-state index >= 15 is 0 Å². The number of anilines is 1. The minimum Gasteiger partial charge on any atom is -0.465 e. The molecule has 0 aliphatic heterocycles. The standard InChI is InChI=1S/C16H20N4O4S2/c1-9-11(15(23)24-5)13(26-12(9)14(22)19(2)3)18-10(21)8-25-16-17-6-7-20(16)4/h6-7H,8H2,1-5H3,(H,18,21). The zero-order chi connectivity index (χ0) is 19.4. The number of nitrogens with zero attached hydrogens (tertiary/aromatic N) is 3. The summed E-state index contributed by atoms with van der Waals surface area (Å²) in [7, 11) is 6.35. The highest BCUT2D eigenvalue weighted by atomic mass is 32.2. The molecule has 140 valence electrons. The summed E-state index contributed by atoms with van der Waals surface area (Å²) in [5.41, 5.74) is 0.700. The summed E-state index contributed by atoms with van der Waals surface area (Å²) >= 11 is 2.34. The topological polar surface area (TPSA) is 93.5 Å². The molecule has 0 saturated carbocycles. The number of amides is 2. The third-order valence-electron chi connectivity index (χ3n) is 3.50. The van der Waals surface area contributed by atoms with E-state index in [-0.39, 0.29) is 23.1 Å². The summed E-state index contributed by atoms with van der Waals surface area (Å²) in [4.78, 5) is 42.7. The number of hydrogen-bond acceptors (Lipinski definition) is 7. The molecule has 0 unspecified atom stereocenters. The molecule has 2 rings (SSSR count). The highest BCUT2D eigenvalue weighted by Gasteiger charge is 2.27. The van der Waals surface area contributed by atoms with Crippen molar-refractivity contribution in [2.75, 3.05) is 32.3 Å². The third kappa shape index (κ3) is 4.25. The Morgan fingerprint density at radius 1 is 1.38 bits per heavy atom. The van der Waals surface area contributed by atoms with Gasteiger partial charge in [0.2, 0.25) is 5.91 Å². The number of hydrogen-bond donors (Lipinski definition) is 1. The number of ether oxygens (including phenoxy) is 1. The maximum Gasteiger partial charge on any atom is 0.341 e. The van der Waals surface area contributed by atoms with Crippen molar-refractivity contribution in [1.29, 1.82) is 0 Å². The van der Waals surface area contributed by atoms with Gasteiger partial charge >= 0.3 is 5.97 Å². The van der Waals surface area contributed by atoms with Gasteiger partial charge < -0.3 is 19.5 Å². The van der Waals surface area contributed by atoms with Crippen LogP contribution in [0, 0.1) is 6.92 Å². The van der Waals surface area contributed by atoms with Crippen molar-refractivity contribution in [2.45, 2.75) is 12.1 Å². The van der Waals surface area contributed by atoms with E-state index in [4.69, 9.17) is 4.74 Å². The van der Waals surface area contributed by atoms with E-state index in [1.165, 1.54) is 23.8 Å². The smallest absolute Gasteiger partial charge is 0.341 e. The van der Waals surface area contributed by atoms with Crippen LogP contribution < -0.4 is 5.32 Å². The second-order valence-corrected chi connectivity index (χ2v) is 7.57. The Labute approximate surface area is 159 Å². The number of methoxy groups -OCH3 is 1. The van der Waals surface area contributed by atoms with Crippen LogP contribution in [0.25, 0.3) is 0 Å². The summed E-state index contributed by atoms with van der Waals surface area (Å²) < 4.78 is 6.61. The predicted molar refractivity (Wildman–Crippen MR) is 101 cm³/mol. The number of thioether (sulfide) groups is 1. The molecule has 1 N–H and O–H groups in total. The Morgan fingerprint density at radius 2 is 2.08 bits per heavy atom. The summed E-state index contributed by atoms with van der Waals surface area (Å²) in [6, 6.07) is 0. The van der Waals surface area contributed by atoms with E-state index in [2.05, 4.69) is 10.3 Å². The Hall–Kier alpha value is -2.33. The van der Waals surface area contributed by atoms with Crippen LogP contribution in [0.4, 0.5) is 5.00 Å². The number of carbonyl (C=O) groups is 3. The first-order valence-corrected chi connectivity index (χ1v) is 9.39. The van der Waals surface area contributed by atoms with Crippen LogP contribution in [-0.2, 0) is 16.6 Å². The van der Waals surface area contributed by atoms with Gasteiger partial charge in [-0.25, -0.2) is 9.78 Å². The molecular weight excluding hydrogens is 376 g/mol. The van der Waals surface area contributed by atoms with E-state index in [1.54, 1.807) is 38.0 Å². The van der Waals surface area contributed by atoms with Gasteiger partial charge in [-0.2, -0.15) is 0 Å². The quantitative estimate of drug-likeness (QED) is 0.593. The Kier molecular flexibility index (Phi) is 6.43. The molecule has 0 spiro atoms. The molecular formula is C16H20N4O4S2. The number of aromatic nitrogens is 2. The number of rotatable bonds is 6. The van der Waals surface area contributed by atoms with Crippen LogP contribution in [-0.4, -0.2) is 59.2 Å². The fraction of sp³-hybridized carbons (Fsp3) is 0.375. The van der Waals surface area contributed by atoms with Crippen molar-refractivity contribution >= 4 is 45.9 Å². The molecule has 0 aromatic carbocycles. The van der Waals surface area contributed by atoms with Crippen molar-refractivity contribution < 1.29 is 19.1 Å². The third-order valence-corrected chi connectivity index (χ3v) is 5.75. The number of aryl methyl sites for hydroxylation is 1. The van der Waals surface area contributed by atoms with Gasteiger partial charge in [0, 0.05) is 33.5 Å². The van der Waals surface area contributed by atoms with Gasteiger partial charge in [-0.1, -0.05) is 11.8 Å². The van der Waals surface area contributed by atoms with Crippen molar-refractivity contribution in [2.24, 2.45) is 7.05 Å². The zero-order valence-corrected chi connectivity index (χ0v) is 16.8. The maximum absolute atomic E-state index is 12.3. The fourth-order valence-electron chi connectivity index (χ4n) is 2.14. The first kappa shape index (κ1) is 20.0. The number of esters is 1. The van der Waals surface area contributed by atoms with Crippen molar-refractivity contribution in [3.8, 4) is 0 Å². The van der Waals surface area contributed by atoms with Crippen LogP contribution in [0.3, 0.4) is 0 Å². The largest absolute Gasteiger partial charge is 0.465 e. The van der Waals surface area contributed by atoms with Gasteiger partial charge in [0.1, 0.15) is 5.00 Å². The second-order valence-electron chi connectivity index (χ2n) is 5.61. The number of imidazole rings is 1. The molecule has 2 heterocycles. The molecule has 0 saturated heterocycles. The SMILES string of the molecule is COC(=O)c1c(NC(=O)CSc2nccn2C)sc(C(=O)N(C)C)c1C. The van der Waals surface area contributed by atoms with Gasteiger partial charge in [0.05, 0.1) is 23.3 Å². The summed E-state index contributed by atoms with van der Waals surface area (Å²) in [6.07, 6.45) is 3.44. The fourth-order valence-corrected chi connectivity index (χ4v) is 4.11. The molecule has 0 fully saturated rings. The molecule has 0 atom stereocenters. The zero-order valence-electron chi connectivity index (χ0n) is 15.2. The lowest BCUT2D eigenvalue weighted by atomic mass is 10.1.